The van der Waals surface area contributed by atoms with E-state index in [9.17, 15) is 9.90 Å². The smallest absolute Gasteiger partial charge is 0.252 e. The fraction of sp³-hybridized carbons (Fsp3) is 0.167. The van der Waals surface area contributed by atoms with Crippen molar-refractivity contribution in [2.24, 2.45) is 0 Å². The van der Waals surface area contributed by atoms with Crippen LogP contribution in [0.4, 0.5) is 0 Å². The maximum atomic E-state index is 11.8. The Labute approximate surface area is 98.5 Å². The van der Waals surface area contributed by atoms with Crippen LogP contribution in [0.15, 0.2) is 30.6 Å². The van der Waals surface area contributed by atoms with Gasteiger partial charge >= 0.3 is 0 Å². The average Bonchev–Trinajstić information content (AvgIpc) is 2.82. The fourth-order valence-electron chi connectivity index (χ4n) is 1.52. The van der Waals surface area contributed by atoms with Crippen molar-refractivity contribution in [3.8, 4) is 5.75 Å². The summed E-state index contributed by atoms with van der Waals surface area (Å²) in [6.45, 7) is 2.04. The lowest BCUT2D eigenvalue weighted by Crippen LogP contribution is -2.24. The third kappa shape index (κ3) is 2.44. The van der Waals surface area contributed by atoms with Gasteiger partial charge < -0.3 is 15.4 Å². The van der Waals surface area contributed by atoms with E-state index in [1.165, 1.54) is 0 Å². The van der Waals surface area contributed by atoms with Gasteiger partial charge in [0.05, 0.1) is 6.54 Å². The van der Waals surface area contributed by atoms with Crippen molar-refractivity contribution in [3.63, 3.8) is 0 Å². The summed E-state index contributed by atoms with van der Waals surface area (Å²) < 4.78 is 0. The molecule has 2 rings (SSSR count). The van der Waals surface area contributed by atoms with Gasteiger partial charge in [-0.2, -0.15) is 0 Å². The van der Waals surface area contributed by atoms with Crippen LogP contribution < -0.4 is 5.32 Å². The van der Waals surface area contributed by atoms with Gasteiger partial charge in [0, 0.05) is 23.5 Å². The van der Waals surface area contributed by atoms with Crippen LogP contribution in [0.25, 0.3) is 0 Å². The Morgan fingerprint density at radius 1 is 1.53 bits per heavy atom. The van der Waals surface area contributed by atoms with E-state index in [4.69, 9.17) is 0 Å². The fourth-order valence-corrected chi connectivity index (χ4v) is 1.52. The summed E-state index contributed by atoms with van der Waals surface area (Å²) in [5.41, 5.74) is 1.04. The number of imidazole rings is 1. The van der Waals surface area contributed by atoms with Crippen molar-refractivity contribution in [2.45, 2.75) is 13.5 Å². The van der Waals surface area contributed by atoms with Crippen molar-refractivity contribution in [1.29, 1.82) is 0 Å². The van der Waals surface area contributed by atoms with Crippen LogP contribution in [-0.4, -0.2) is 21.0 Å². The van der Waals surface area contributed by atoms with Crippen molar-refractivity contribution >= 4 is 5.91 Å². The van der Waals surface area contributed by atoms with Gasteiger partial charge in [-0.05, 0) is 19.1 Å². The number of benzene rings is 1. The highest BCUT2D eigenvalue weighted by atomic mass is 16.3. The number of hydrogen-bond acceptors (Lipinski definition) is 3. The van der Waals surface area contributed by atoms with Gasteiger partial charge in [-0.1, -0.05) is 6.07 Å². The molecule has 17 heavy (non-hydrogen) atoms. The molecule has 5 nitrogen and oxygen atoms in total. The zero-order valence-electron chi connectivity index (χ0n) is 9.40. The highest BCUT2D eigenvalue weighted by Gasteiger charge is 2.11. The number of rotatable bonds is 3. The molecule has 0 unspecified atom stereocenters. The van der Waals surface area contributed by atoms with E-state index in [-0.39, 0.29) is 11.7 Å². The van der Waals surface area contributed by atoms with Crippen LogP contribution in [0.2, 0.25) is 0 Å². The molecular formula is C12H13N3O2. The number of phenolic OH excluding ortho intramolecular Hbond substituents is 1. The topological polar surface area (TPSA) is 78.0 Å². The summed E-state index contributed by atoms with van der Waals surface area (Å²) in [4.78, 5) is 18.7. The maximum absolute atomic E-state index is 11.8. The van der Waals surface area contributed by atoms with Crippen LogP contribution in [-0.2, 0) is 6.54 Å². The number of amides is 1. The maximum Gasteiger partial charge on any atom is 0.252 e. The minimum atomic E-state index is -0.227. The summed E-state index contributed by atoms with van der Waals surface area (Å²) in [7, 11) is 0. The number of aromatic nitrogens is 2. The number of aromatic hydroxyl groups is 1. The second kappa shape index (κ2) is 4.69. The van der Waals surface area contributed by atoms with Crippen LogP contribution in [0.5, 0.6) is 5.75 Å². The van der Waals surface area contributed by atoms with E-state index in [2.05, 4.69) is 15.3 Å². The molecule has 0 bridgehead atoms. The monoisotopic (exact) mass is 231 g/mol. The van der Waals surface area contributed by atoms with E-state index >= 15 is 0 Å². The number of hydrogen-bond donors (Lipinski definition) is 3. The molecule has 1 heterocycles. The number of phenols is 1. The van der Waals surface area contributed by atoms with Gasteiger partial charge in [-0.3, -0.25) is 4.79 Å². The molecule has 0 saturated carbocycles. The highest BCUT2D eigenvalue weighted by Crippen LogP contribution is 2.19. The summed E-state index contributed by atoms with van der Waals surface area (Å²) in [5.74, 6) is 0.585. The Morgan fingerprint density at radius 3 is 3.06 bits per heavy atom. The Bertz CT molecular complexity index is 521. The summed E-state index contributed by atoms with van der Waals surface area (Å²) in [6, 6.07) is 4.87. The van der Waals surface area contributed by atoms with E-state index in [1.807, 2.05) is 0 Å². The van der Waals surface area contributed by atoms with Crippen LogP contribution in [0.3, 0.4) is 0 Å². The molecule has 0 fully saturated rings. The zero-order chi connectivity index (χ0) is 12.3. The summed E-state index contributed by atoms with van der Waals surface area (Å²) in [6.07, 6.45) is 3.32. The van der Waals surface area contributed by atoms with E-state index in [0.29, 0.717) is 23.5 Å². The Kier molecular flexibility index (Phi) is 3.09. The largest absolute Gasteiger partial charge is 0.508 e. The molecule has 0 aliphatic rings. The molecule has 1 aromatic heterocycles. The van der Waals surface area contributed by atoms with Gasteiger partial charge in [-0.15, -0.1) is 0 Å². The minimum absolute atomic E-state index is 0.121. The first-order valence-corrected chi connectivity index (χ1v) is 5.23. The molecule has 5 heteroatoms. The first-order valence-electron chi connectivity index (χ1n) is 5.23. The van der Waals surface area contributed by atoms with Crippen LogP contribution >= 0.6 is 0 Å². The quantitative estimate of drug-likeness (QED) is 0.746. The molecule has 0 aliphatic heterocycles. The van der Waals surface area contributed by atoms with Gasteiger partial charge in [0.15, 0.2) is 0 Å². The SMILES string of the molecule is Cc1c(O)cccc1C(=O)NCc1ncc[nH]1. The van der Waals surface area contributed by atoms with Crippen LogP contribution in [0, 0.1) is 6.92 Å². The second-order valence-corrected chi connectivity index (χ2v) is 3.67. The molecule has 88 valence electrons. The molecule has 1 aromatic carbocycles. The molecule has 2 aromatic rings. The van der Waals surface area contributed by atoms with Gasteiger partial charge in [0.2, 0.25) is 0 Å². The van der Waals surface area contributed by atoms with Gasteiger partial charge in [-0.25, -0.2) is 4.98 Å². The lowest BCUT2D eigenvalue weighted by molar-refractivity contribution is 0.0949. The molecule has 1 amide bonds. The molecule has 0 aliphatic carbocycles. The lowest BCUT2D eigenvalue weighted by Gasteiger charge is -2.07. The zero-order valence-corrected chi connectivity index (χ0v) is 9.40. The Hall–Kier alpha value is -2.30. The number of carbonyl (C=O) groups is 1. The van der Waals surface area contributed by atoms with E-state index in [0.717, 1.165) is 0 Å². The van der Waals surface area contributed by atoms with E-state index < -0.39 is 0 Å². The lowest BCUT2D eigenvalue weighted by atomic mass is 10.1. The van der Waals surface area contributed by atoms with Crippen molar-refractivity contribution in [1.82, 2.24) is 15.3 Å². The predicted octanol–water partition coefficient (Wildman–Crippen LogP) is 1.35. The van der Waals surface area contributed by atoms with Gasteiger partial charge in [0.1, 0.15) is 11.6 Å². The van der Waals surface area contributed by atoms with Crippen molar-refractivity contribution < 1.29 is 9.90 Å². The van der Waals surface area contributed by atoms with Crippen molar-refractivity contribution in [3.05, 3.63) is 47.5 Å². The van der Waals surface area contributed by atoms with Gasteiger partial charge in [0.25, 0.3) is 5.91 Å². The Balaban J connectivity index is 2.07. The number of nitrogens with one attached hydrogen (secondary N) is 2. The second-order valence-electron chi connectivity index (χ2n) is 3.67. The molecule has 0 atom stereocenters. The average molecular weight is 231 g/mol. The molecule has 0 radical (unpaired) electrons. The first-order chi connectivity index (χ1) is 8.18. The molecule has 0 spiro atoms. The molecule has 0 saturated heterocycles. The van der Waals surface area contributed by atoms with Crippen molar-refractivity contribution in [2.75, 3.05) is 0 Å². The highest BCUT2D eigenvalue weighted by molar-refractivity contribution is 5.96. The summed E-state index contributed by atoms with van der Waals surface area (Å²) in [5, 5.41) is 12.2. The molecule has 3 N–H and O–H groups in total. The third-order valence-electron chi connectivity index (χ3n) is 2.52. The predicted molar refractivity (Wildman–Crippen MR) is 62.6 cm³/mol. The number of nitrogens with zero attached hydrogens (tertiary/aromatic N) is 1. The normalized spacial score (nSPS) is 10.2. The first kappa shape index (κ1) is 11.2. The van der Waals surface area contributed by atoms with E-state index in [1.54, 1.807) is 37.5 Å². The minimum Gasteiger partial charge on any atom is -0.508 e. The number of H-pyrrole nitrogens is 1. The number of aromatic amines is 1. The van der Waals surface area contributed by atoms with Crippen LogP contribution in [0.1, 0.15) is 21.7 Å². The standard InChI is InChI=1S/C12H13N3O2/c1-8-9(3-2-4-10(8)16)12(17)15-7-11-13-5-6-14-11/h2-6,16H,7H2,1H3,(H,13,14)(H,15,17). The Morgan fingerprint density at radius 2 is 2.35 bits per heavy atom. The summed E-state index contributed by atoms with van der Waals surface area (Å²) >= 11 is 0. The molecular weight excluding hydrogens is 218 g/mol. The number of carbonyl (C=O) groups excluding carboxylic acids is 1. The third-order valence-corrected chi connectivity index (χ3v) is 2.52.